The zero-order chi connectivity index (χ0) is 26.4. The molecule has 0 aliphatic rings. The van der Waals surface area contributed by atoms with Gasteiger partial charge in [-0.2, -0.15) is 5.26 Å². The average Bonchev–Trinajstić information content (AvgIpc) is 3.18. The number of aromatic hydroxyl groups is 1. The largest absolute Gasteiger partial charge is 0.504 e. The number of nitrogens with zero attached hydrogens (tertiary/aromatic N) is 2. The number of rotatable bonds is 6. The van der Waals surface area contributed by atoms with E-state index in [-0.39, 0.29) is 23.1 Å². The van der Waals surface area contributed by atoms with Gasteiger partial charge in [0.15, 0.2) is 23.1 Å². The van der Waals surface area contributed by atoms with E-state index in [9.17, 15) is 29.1 Å². The van der Waals surface area contributed by atoms with Crippen molar-refractivity contribution in [2.24, 2.45) is 0 Å². The molecule has 0 fully saturated rings. The van der Waals surface area contributed by atoms with Crippen molar-refractivity contribution in [1.29, 1.82) is 5.26 Å². The first kappa shape index (κ1) is 24.7. The first-order chi connectivity index (χ1) is 17.0. The number of phenols is 1. The van der Waals surface area contributed by atoms with Gasteiger partial charge in [-0.1, -0.05) is 19.9 Å². The van der Waals surface area contributed by atoms with E-state index in [0.717, 1.165) is 6.07 Å². The molecule has 1 heterocycles. The summed E-state index contributed by atoms with van der Waals surface area (Å²) < 4.78 is 35.9. The number of fused-ring (bicyclic) bond motifs is 1. The summed E-state index contributed by atoms with van der Waals surface area (Å²) in [6.07, 6.45) is 0.0512. The number of nitriles is 1. The number of halogens is 2. The Kier molecular flexibility index (Phi) is 6.19. The van der Waals surface area contributed by atoms with Gasteiger partial charge in [0.1, 0.15) is 0 Å². The molecule has 184 valence electrons. The molecule has 0 radical (unpaired) electrons. The highest BCUT2D eigenvalue weighted by atomic mass is 19.1. The number of carboxylic acid groups (broad SMARTS) is 1. The maximum absolute atomic E-state index is 14.7. The first-order valence-electron chi connectivity index (χ1n) is 11.1. The van der Waals surface area contributed by atoms with Crippen LogP contribution in [0.15, 0.2) is 48.5 Å². The van der Waals surface area contributed by atoms with E-state index in [0.29, 0.717) is 33.6 Å². The third-order valence-electron chi connectivity index (χ3n) is 6.37. The zero-order valence-corrected chi connectivity index (χ0v) is 20.2. The molecule has 0 saturated heterocycles. The van der Waals surface area contributed by atoms with Gasteiger partial charge in [-0.3, -0.25) is 0 Å². The number of methoxy groups -OCH3 is 1. The van der Waals surface area contributed by atoms with Gasteiger partial charge < -0.3 is 19.5 Å². The number of carbonyl (C=O) groups is 1. The minimum absolute atomic E-state index is 0.0138. The SMILES string of the molecule is COc1cc(-n2c(C(C)(C)CC#N)c(-c3cc(C(=O)O)ccc3C)c3c(O)c(F)ccc32)ccc1F. The van der Waals surface area contributed by atoms with Crippen molar-refractivity contribution in [1.82, 2.24) is 4.57 Å². The Morgan fingerprint density at radius 3 is 2.44 bits per heavy atom. The number of aromatic nitrogens is 1. The summed E-state index contributed by atoms with van der Waals surface area (Å²) in [6, 6.07) is 13.6. The molecule has 0 aliphatic carbocycles. The van der Waals surface area contributed by atoms with Crippen LogP contribution in [-0.4, -0.2) is 27.9 Å². The summed E-state index contributed by atoms with van der Waals surface area (Å²) in [6.45, 7) is 5.44. The van der Waals surface area contributed by atoms with Crippen LogP contribution in [0.25, 0.3) is 27.7 Å². The molecule has 0 atom stereocenters. The number of aryl methyl sites for hydroxylation is 1. The Labute approximate surface area is 206 Å². The van der Waals surface area contributed by atoms with Gasteiger partial charge >= 0.3 is 5.97 Å². The predicted molar refractivity (Wildman–Crippen MR) is 132 cm³/mol. The number of aromatic carboxylic acids is 1. The van der Waals surface area contributed by atoms with Gasteiger partial charge in [0.05, 0.1) is 29.6 Å². The Morgan fingerprint density at radius 2 is 1.81 bits per heavy atom. The molecule has 4 rings (SSSR count). The van der Waals surface area contributed by atoms with Crippen LogP contribution in [0.3, 0.4) is 0 Å². The van der Waals surface area contributed by atoms with Gasteiger partial charge in [-0.15, -0.1) is 0 Å². The van der Waals surface area contributed by atoms with Crippen molar-refractivity contribution in [2.75, 3.05) is 7.11 Å². The normalized spacial score (nSPS) is 11.5. The molecule has 0 spiro atoms. The van der Waals surface area contributed by atoms with Crippen LogP contribution in [0.5, 0.6) is 11.5 Å². The second kappa shape index (κ2) is 9.00. The summed E-state index contributed by atoms with van der Waals surface area (Å²) >= 11 is 0. The van der Waals surface area contributed by atoms with E-state index in [1.54, 1.807) is 17.6 Å². The minimum atomic E-state index is -1.14. The number of carboxylic acids is 1. The quantitative estimate of drug-likeness (QED) is 0.322. The molecule has 4 aromatic rings. The van der Waals surface area contributed by atoms with Crippen molar-refractivity contribution in [3.05, 3.63) is 77.0 Å². The summed E-state index contributed by atoms with van der Waals surface area (Å²) in [5.41, 5.74) is 2.09. The number of hydrogen-bond acceptors (Lipinski definition) is 4. The van der Waals surface area contributed by atoms with Crippen LogP contribution in [0.1, 0.15) is 41.9 Å². The zero-order valence-electron chi connectivity index (χ0n) is 20.2. The molecule has 0 aliphatic heterocycles. The fourth-order valence-electron chi connectivity index (χ4n) is 4.60. The number of ether oxygens (including phenoxy) is 1. The maximum Gasteiger partial charge on any atom is 0.335 e. The molecular formula is C28H24F2N2O4. The number of hydrogen-bond donors (Lipinski definition) is 2. The molecule has 0 saturated carbocycles. The summed E-state index contributed by atoms with van der Waals surface area (Å²) in [5.74, 6) is -3.19. The first-order valence-corrected chi connectivity index (χ1v) is 11.1. The van der Waals surface area contributed by atoms with Crippen molar-refractivity contribution >= 4 is 16.9 Å². The predicted octanol–water partition coefficient (Wildman–Crippen LogP) is 6.49. The van der Waals surface area contributed by atoms with Gasteiger partial charge in [0, 0.05) is 34.8 Å². The van der Waals surface area contributed by atoms with Crippen LogP contribution in [-0.2, 0) is 5.41 Å². The fraction of sp³-hybridized carbons (Fsp3) is 0.214. The lowest BCUT2D eigenvalue weighted by molar-refractivity contribution is 0.0697. The molecular weight excluding hydrogens is 466 g/mol. The maximum atomic E-state index is 14.7. The summed E-state index contributed by atoms with van der Waals surface area (Å²) in [4.78, 5) is 11.8. The highest BCUT2D eigenvalue weighted by molar-refractivity contribution is 6.05. The lowest BCUT2D eigenvalue weighted by atomic mass is 9.81. The second-order valence-corrected chi connectivity index (χ2v) is 9.22. The molecule has 0 bridgehead atoms. The van der Waals surface area contributed by atoms with Crippen molar-refractivity contribution in [2.45, 2.75) is 32.6 Å². The van der Waals surface area contributed by atoms with Crippen molar-refractivity contribution < 1.29 is 28.5 Å². The Bertz CT molecular complexity index is 1560. The fourth-order valence-corrected chi connectivity index (χ4v) is 4.60. The number of benzene rings is 3. The van der Waals surface area contributed by atoms with Gasteiger partial charge in [0.2, 0.25) is 0 Å². The smallest absolute Gasteiger partial charge is 0.335 e. The molecule has 6 nitrogen and oxygen atoms in total. The van der Waals surface area contributed by atoms with E-state index >= 15 is 0 Å². The van der Waals surface area contributed by atoms with Crippen LogP contribution in [0.2, 0.25) is 0 Å². The molecule has 2 N–H and O–H groups in total. The average molecular weight is 491 g/mol. The van der Waals surface area contributed by atoms with Crippen LogP contribution < -0.4 is 4.74 Å². The third kappa shape index (κ3) is 3.93. The van der Waals surface area contributed by atoms with Gasteiger partial charge in [0.25, 0.3) is 0 Å². The molecule has 3 aromatic carbocycles. The second-order valence-electron chi connectivity index (χ2n) is 9.22. The van der Waals surface area contributed by atoms with E-state index in [1.165, 1.54) is 43.5 Å². The third-order valence-corrected chi connectivity index (χ3v) is 6.37. The standard InChI is InChI=1S/C28H24F2N2O4/c1-15-5-6-16(27(34)35)13-18(15)23-24-21(10-9-20(30)25(24)33)32(26(23)28(2,3)11-12-31)17-7-8-19(29)22(14-17)36-4/h5-10,13-14,33H,11H2,1-4H3,(H,34,35). The van der Waals surface area contributed by atoms with Crippen LogP contribution in [0, 0.1) is 29.9 Å². The molecule has 1 aromatic heterocycles. The highest BCUT2D eigenvalue weighted by Gasteiger charge is 2.34. The van der Waals surface area contributed by atoms with E-state index in [1.807, 2.05) is 13.8 Å². The Hall–Kier alpha value is -4.38. The summed E-state index contributed by atoms with van der Waals surface area (Å²) in [7, 11) is 1.34. The van der Waals surface area contributed by atoms with Crippen LogP contribution >= 0.6 is 0 Å². The lowest BCUT2D eigenvalue weighted by Gasteiger charge is -2.27. The topological polar surface area (TPSA) is 95.5 Å². The van der Waals surface area contributed by atoms with E-state index in [2.05, 4.69) is 6.07 Å². The highest BCUT2D eigenvalue weighted by Crippen LogP contribution is 2.48. The molecule has 8 heteroatoms. The summed E-state index contributed by atoms with van der Waals surface area (Å²) in [5, 5.41) is 30.4. The lowest BCUT2D eigenvalue weighted by Crippen LogP contribution is -2.22. The van der Waals surface area contributed by atoms with E-state index < -0.39 is 28.8 Å². The Balaban J connectivity index is 2.28. The molecule has 0 amide bonds. The number of phenolic OH excluding ortho intramolecular Hbond substituents is 1. The molecule has 0 unspecified atom stereocenters. The van der Waals surface area contributed by atoms with E-state index in [4.69, 9.17) is 4.74 Å². The van der Waals surface area contributed by atoms with Gasteiger partial charge in [-0.25, -0.2) is 13.6 Å². The van der Waals surface area contributed by atoms with Crippen molar-refractivity contribution in [3.63, 3.8) is 0 Å². The van der Waals surface area contributed by atoms with Gasteiger partial charge in [-0.05, 0) is 54.4 Å². The molecule has 36 heavy (non-hydrogen) atoms. The van der Waals surface area contributed by atoms with Crippen LogP contribution in [0.4, 0.5) is 8.78 Å². The monoisotopic (exact) mass is 490 g/mol. The minimum Gasteiger partial charge on any atom is -0.504 e. The van der Waals surface area contributed by atoms with Crippen molar-refractivity contribution in [3.8, 4) is 34.4 Å². The Morgan fingerprint density at radius 1 is 1.11 bits per heavy atom.